The Balaban J connectivity index is 1.87. The highest BCUT2D eigenvalue weighted by Gasteiger charge is 2.91. The summed E-state index contributed by atoms with van der Waals surface area (Å²) in [7, 11) is -1.22. The largest absolute Gasteiger partial charge is 0.461 e. The maximum atomic E-state index is 12.6. The minimum Gasteiger partial charge on any atom is -0.461 e. The van der Waals surface area contributed by atoms with Gasteiger partial charge in [0.15, 0.2) is 0 Å². The van der Waals surface area contributed by atoms with Crippen LogP contribution in [-0.4, -0.2) is 20.1 Å². The first-order valence-corrected chi connectivity index (χ1v) is 11.4. The van der Waals surface area contributed by atoms with Gasteiger partial charge in [0.1, 0.15) is 6.10 Å². The summed E-state index contributed by atoms with van der Waals surface area (Å²) in [5, 5.41) is 0. The van der Waals surface area contributed by atoms with Gasteiger partial charge in [-0.1, -0.05) is 44.6 Å². The zero-order chi connectivity index (χ0) is 13.7. The molecule has 0 N–H and O–H groups in total. The lowest BCUT2D eigenvalue weighted by molar-refractivity contribution is -0.171. The molecule has 1 spiro atoms. The molecule has 5 rings (SSSR count). The van der Waals surface area contributed by atoms with E-state index in [0.717, 1.165) is 19.3 Å². The van der Waals surface area contributed by atoms with Crippen LogP contribution < -0.4 is 0 Å². The third-order valence-corrected chi connectivity index (χ3v) is 8.25. The Hall–Kier alpha value is -0.573. The van der Waals surface area contributed by atoms with Crippen molar-refractivity contribution in [1.82, 2.24) is 0 Å². The zero-order valence-corrected chi connectivity index (χ0v) is 13.3. The van der Waals surface area contributed by atoms with Crippen molar-refractivity contribution in [1.29, 1.82) is 0 Å². The van der Waals surface area contributed by atoms with Gasteiger partial charge in [-0.15, -0.1) is 0 Å². The van der Waals surface area contributed by atoms with Gasteiger partial charge in [-0.3, -0.25) is 4.79 Å². The van der Waals surface area contributed by atoms with Crippen molar-refractivity contribution < 1.29 is 9.53 Å². The number of esters is 1. The fourth-order valence-electron chi connectivity index (χ4n) is 6.43. The maximum Gasteiger partial charge on any atom is 0.314 e. The van der Waals surface area contributed by atoms with Gasteiger partial charge >= 0.3 is 5.97 Å². The Labute approximate surface area is 116 Å². The quantitative estimate of drug-likeness (QED) is 0.436. The highest BCUT2D eigenvalue weighted by atomic mass is 28.3. The molecule has 104 valence electrons. The van der Waals surface area contributed by atoms with Gasteiger partial charge in [-0.05, 0) is 25.3 Å². The smallest absolute Gasteiger partial charge is 0.314 e. The Morgan fingerprint density at radius 2 is 2.00 bits per heavy atom. The highest BCUT2D eigenvalue weighted by molar-refractivity contribution is 6.76. The van der Waals surface area contributed by atoms with Crippen LogP contribution in [0.5, 0.6) is 0 Å². The fraction of sp³-hybridized carbons (Fsp3) is 0.812. The predicted molar refractivity (Wildman–Crippen MR) is 77.6 cm³/mol. The van der Waals surface area contributed by atoms with Crippen molar-refractivity contribution in [2.45, 2.75) is 63.9 Å². The zero-order valence-electron chi connectivity index (χ0n) is 12.3. The monoisotopic (exact) mass is 276 g/mol. The molecule has 2 nitrogen and oxygen atoms in total. The molecule has 4 saturated carbocycles. The Morgan fingerprint density at radius 3 is 2.68 bits per heavy atom. The Morgan fingerprint density at radius 1 is 1.32 bits per heavy atom. The number of carbonyl (C=O) groups is 1. The summed E-state index contributed by atoms with van der Waals surface area (Å²) in [6, 6.07) is 1.23. The van der Waals surface area contributed by atoms with Gasteiger partial charge < -0.3 is 4.74 Å². The number of rotatable bonds is 2. The molecule has 1 aliphatic heterocycles. The van der Waals surface area contributed by atoms with Gasteiger partial charge in [0.2, 0.25) is 0 Å². The second-order valence-electron chi connectivity index (χ2n) is 8.48. The summed E-state index contributed by atoms with van der Waals surface area (Å²) in [4.78, 5) is 12.6. The molecule has 4 aliphatic carbocycles. The molecule has 0 unspecified atom stereocenters. The van der Waals surface area contributed by atoms with E-state index in [2.05, 4.69) is 26.2 Å². The second-order valence-corrected chi connectivity index (χ2v) is 14.0. The van der Waals surface area contributed by atoms with Crippen LogP contribution in [0, 0.1) is 16.2 Å². The molecule has 0 aromatic rings. The standard InChI is InChI=1S/C16H24O2Si/c1-11-14(10-19(2,3)4)9-12-15(11)7-5-6-8-16(14,15)13(17)18-12/h12H,1,5-10H2,2-4H3/t12-,14-,15+,16+/m0/s1. The minimum atomic E-state index is -1.22. The normalized spacial score (nSPS) is 50.8. The number of hydrogen-bond acceptors (Lipinski definition) is 2. The van der Waals surface area contributed by atoms with Crippen LogP contribution in [0.3, 0.4) is 0 Å². The second kappa shape index (κ2) is 3.03. The van der Waals surface area contributed by atoms with E-state index in [9.17, 15) is 4.79 Å². The van der Waals surface area contributed by atoms with E-state index < -0.39 is 8.07 Å². The number of carbonyl (C=O) groups excluding carboxylic acids is 1. The minimum absolute atomic E-state index is 0.0575. The van der Waals surface area contributed by atoms with Gasteiger partial charge in [-0.25, -0.2) is 0 Å². The molecule has 4 bridgehead atoms. The summed E-state index contributed by atoms with van der Waals surface area (Å²) in [6.45, 7) is 11.7. The van der Waals surface area contributed by atoms with Gasteiger partial charge in [0.25, 0.3) is 0 Å². The highest BCUT2D eigenvalue weighted by Crippen LogP contribution is 2.89. The molecule has 0 aromatic carbocycles. The molecule has 5 fully saturated rings. The fourth-order valence-corrected chi connectivity index (χ4v) is 8.90. The average molecular weight is 276 g/mol. The Bertz CT molecular complexity index is 505. The molecular formula is C16H24O2Si. The predicted octanol–water partition coefficient (Wildman–Crippen LogP) is 3.76. The molecule has 0 radical (unpaired) electrons. The van der Waals surface area contributed by atoms with Crippen LogP contribution in [0.25, 0.3) is 0 Å². The van der Waals surface area contributed by atoms with Crippen molar-refractivity contribution in [2.75, 3.05) is 0 Å². The topological polar surface area (TPSA) is 26.3 Å². The van der Waals surface area contributed by atoms with Crippen LogP contribution in [0.2, 0.25) is 25.7 Å². The van der Waals surface area contributed by atoms with E-state index >= 15 is 0 Å². The number of ether oxygens (including phenoxy) is 1. The van der Waals surface area contributed by atoms with E-state index in [4.69, 9.17) is 4.74 Å². The van der Waals surface area contributed by atoms with Crippen molar-refractivity contribution in [3.05, 3.63) is 12.2 Å². The van der Waals surface area contributed by atoms with Gasteiger partial charge in [0.05, 0.1) is 5.41 Å². The molecule has 0 amide bonds. The van der Waals surface area contributed by atoms with Gasteiger partial charge in [0, 0.05) is 18.9 Å². The van der Waals surface area contributed by atoms with Crippen molar-refractivity contribution in [3.63, 3.8) is 0 Å². The molecular weight excluding hydrogens is 252 g/mol. The molecule has 4 atom stereocenters. The van der Waals surface area contributed by atoms with Crippen molar-refractivity contribution in [3.8, 4) is 0 Å². The van der Waals surface area contributed by atoms with E-state index in [0.29, 0.717) is 0 Å². The van der Waals surface area contributed by atoms with Gasteiger partial charge in [-0.2, -0.15) is 0 Å². The SMILES string of the molecule is C=C1[C@@]2(C[Si](C)(C)C)C[C@@H]3OC(=O)[C@]24CCCC[C@@]134. The average Bonchev–Trinajstić information content (AvgIpc) is 2.78. The molecule has 0 aromatic heterocycles. The molecule has 3 heteroatoms. The summed E-state index contributed by atoms with van der Waals surface area (Å²) in [6.07, 6.45) is 5.91. The first-order valence-electron chi connectivity index (χ1n) is 7.71. The van der Waals surface area contributed by atoms with Crippen LogP contribution >= 0.6 is 0 Å². The maximum absolute atomic E-state index is 12.6. The summed E-state index contributed by atoms with van der Waals surface area (Å²) in [5.74, 6) is 0.133. The third kappa shape index (κ3) is 0.969. The summed E-state index contributed by atoms with van der Waals surface area (Å²) >= 11 is 0. The van der Waals surface area contributed by atoms with E-state index in [1.165, 1.54) is 24.5 Å². The molecule has 19 heavy (non-hydrogen) atoms. The van der Waals surface area contributed by atoms with Crippen LogP contribution in [0.4, 0.5) is 0 Å². The molecule has 1 heterocycles. The third-order valence-electron chi connectivity index (χ3n) is 6.58. The first kappa shape index (κ1) is 12.2. The van der Waals surface area contributed by atoms with Crippen LogP contribution in [0.1, 0.15) is 32.1 Å². The molecule has 5 aliphatic rings. The lowest BCUT2D eigenvalue weighted by Gasteiger charge is -2.65. The van der Waals surface area contributed by atoms with Crippen molar-refractivity contribution >= 4 is 14.0 Å². The van der Waals surface area contributed by atoms with Crippen molar-refractivity contribution in [2.24, 2.45) is 16.2 Å². The van der Waals surface area contributed by atoms with Crippen LogP contribution in [0.15, 0.2) is 12.2 Å². The van der Waals surface area contributed by atoms with E-state index in [1.54, 1.807) is 0 Å². The van der Waals surface area contributed by atoms with E-state index in [-0.39, 0.29) is 28.3 Å². The summed E-state index contributed by atoms with van der Waals surface area (Å²) in [5.41, 5.74) is 1.43. The lowest BCUT2D eigenvalue weighted by atomic mass is 9.36. The lowest BCUT2D eigenvalue weighted by Crippen LogP contribution is -2.66. The molecule has 1 saturated heterocycles. The number of hydrogen-bond donors (Lipinski definition) is 0. The van der Waals surface area contributed by atoms with E-state index in [1.807, 2.05) is 0 Å². The van der Waals surface area contributed by atoms with Crippen LogP contribution in [-0.2, 0) is 9.53 Å². The first-order chi connectivity index (χ1) is 8.80. The Kier molecular flexibility index (Phi) is 1.94. The summed E-state index contributed by atoms with van der Waals surface area (Å²) < 4.78 is 5.77.